The van der Waals surface area contributed by atoms with Gasteiger partial charge >= 0.3 is 0 Å². The van der Waals surface area contributed by atoms with Crippen molar-refractivity contribution in [1.82, 2.24) is 15.0 Å². The summed E-state index contributed by atoms with van der Waals surface area (Å²) in [6.07, 6.45) is 1.69. The van der Waals surface area contributed by atoms with Crippen molar-refractivity contribution in [3.05, 3.63) is 21.8 Å². The molecule has 118 valence electrons. The third kappa shape index (κ3) is 3.39. The summed E-state index contributed by atoms with van der Waals surface area (Å²) in [7, 11) is 0. The summed E-state index contributed by atoms with van der Waals surface area (Å²) in [5.74, 6) is 1.15. The minimum Gasteiger partial charge on any atom is -0.339 e. The normalized spacial score (nSPS) is 21.5. The van der Waals surface area contributed by atoms with Gasteiger partial charge in [0.05, 0.1) is 4.88 Å². The summed E-state index contributed by atoms with van der Waals surface area (Å²) in [6, 6.07) is 2.24. The lowest BCUT2D eigenvalue weighted by Crippen LogP contribution is -2.35. The molecular weight excluding hydrogens is 368 g/mol. The molecule has 1 fully saturated rings. The van der Waals surface area contributed by atoms with Crippen LogP contribution in [0.25, 0.3) is 10.7 Å². The van der Waals surface area contributed by atoms with Crippen molar-refractivity contribution in [3.8, 4) is 10.7 Å². The number of halogens is 1. The second-order valence-electron chi connectivity index (χ2n) is 5.53. The smallest absolute Gasteiger partial charge is 0.227 e. The first-order valence-corrected chi connectivity index (χ1v) is 8.82. The number of nitrogens with zero attached hydrogens (tertiary/aromatic N) is 3. The van der Waals surface area contributed by atoms with Crippen LogP contribution in [-0.4, -0.2) is 39.6 Å². The molecule has 0 bridgehead atoms. The van der Waals surface area contributed by atoms with Gasteiger partial charge in [-0.1, -0.05) is 5.16 Å². The lowest BCUT2D eigenvalue weighted by Gasteiger charge is -2.20. The van der Waals surface area contributed by atoms with Crippen molar-refractivity contribution in [2.45, 2.75) is 38.3 Å². The molecule has 2 unspecified atom stereocenters. The Morgan fingerprint density at radius 1 is 1.64 bits per heavy atom. The van der Waals surface area contributed by atoms with Gasteiger partial charge in [-0.3, -0.25) is 4.79 Å². The maximum Gasteiger partial charge on any atom is 0.227 e. The summed E-state index contributed by atoms with van der Waals surface area (Å²) in [5.41, 5.74) is 5.89. The Hall–Kier alpha value is -1.25. The fourth-order valence-corrected chi connectivity index (χ4v) is 4.02. The largest absolute Gasteiger partial charge is 0.339 e. The topological polar surface area (TPSA) is 85.2 Å². The van der Waals surface area contributed by atoms with Gasteiger partial charge in [0.1, 0.15) is 0 Å². The SMILES string of the molecule is CC1CC(N)CN1C(=O)CCc1nc(-c2cc(Br)cs2)no1. The van der Waals surface area contributed by atoms with E-state index >= 15 is 0 Å². The first kappa shape index (κ1) is 15.6. The fourth-order valence-electron chi connectivity index (χ4n) is 2.66. The predicted molar refractivity (Wildman–Crippen MR) is 87.4 cm³/mol. The van der Waals surface area contributed by atoms with Crippen LogP contribution in [0.2, 0.25) is 0 Å². The van der Waals surface area contributed by atoms with Gasteiger partial charge in [0, 0.05) is 41.3 Å². The molecule has 0 spiro atoms. The molecule has 1 amide bonds. The molecule has 0 saturated carbocycles. The highest BCUT2D eigenvalue weighted by atomic mass is 79.9. The minimum absolute atomic E-state index is 0.0891. The molecule has 0 aliphatic carbocycles. The van der Waals surface area contributed by atoms with Crippen LogP contribution in [0.1, 0.15) is 25.7 Å². The summed E-state index contributed by atoms with van der Waals surface area (Å²) in [6.45, 7) is 2.67. The molecule has 1 aliphatic rings. The predicted octanol–water partition coefficient (Wildman–Crippen LogP) is 2.44. The van der Waals surface area contributed by atoms with E-state index < -0.39 is 0 Å². The fraction of sp³-hybridized carbons (Fsp3) is 0.500. The lowest BCUT2D eigenvalue weighted by molar-refractivity contribution is -0.131. The van der Waals surface area contributed by atoms with Gasteiger partial charge in [-0.05, 0) is 35.3 Å². The molecule has 22 heavy (non-hydrogen) atoms. The molecule has 2 atom stereocenters. The van der Waals surface area contributed by atoms with E-state index in [1.54, 1.807) is 11.3 Å². The summed E-state index contributed by atoms with van der Waals surface area (Å²) < 4.78 is 6.22. The van der Waals surface area contributed by atoms with Gasteiger partial charge in [0.2, 0.25) is 17.6 Å². The zero-order valence-electron chi connectivity index (χ0n) is 12.2. The molecule has 2 aromatic heterocycles. The van der Waals surface area contributed by atoms with Crippen molar-refractivity contribution in [3.63, 3.8) is 0 Å². The first-order valence-electron chi connectivity index (χ1n) is 7.15. The highest BCUT2D eigenvalue weighted by molar-refractivity contribution is 9.10. The van der Waals surface area contributed by atoms with Crippen molar-refractivity contribution >= 4 is 33.2 Å². The van der Waals surface area contributed by atoms with Gasteiger partial charge in [-0.15, -0.1) is 11.3 Å². The van der Waals surface area contributed by atoms with E-state index in [0.29, 0.717) is 31.1 Å². The van der Waals surface area contributed by atoms with Crippen molar-refractivity contribution in [2.24, 2.45) is 5.73 Å². The Kier molecular flexibility index (Phi) is 4.60. The Morgan fingerprint density at radius 2 is 2.45 bits per heavy atom. The molecule has 6 nitrogen and oxygen atoms in total. The molecule has 2 aromatic rings. The van der Waals surface area contributed by atoms with Crippen LogP contribution in [0.15, 0.2) is 20.4 Å². The van der Waals surface area contributed by atoms with Crippen LogP contribution in [0.3, 0.4) is 0 Å². The average Bonchev–Trinajstić information content (AvgIpc) is 3.16. The van der Waals surface area contributed by atoms with Gasteiger partial charge in [-0.25, -0.2) is 0 Å². The highest BCUT2D eigenvalue weighted by Gasteiger charge is 2.30. The third-order valence-corrected chi connectivity index (χ3v) is 5.42. The molecule has 8 heteroatoms. The van der Waals surface area contributed by atoms with Crippen LogP contribution >= 0.6 is 27.3 Å². The monoisotopic (exact) mass is 384 g/mol. The molecular formula is C14H17BrN4O2S. The molecule has 1 saturated heterocycles. The maximum atomic E-state index is 12.2. The van der Waals surface area contributed by atoms with Crippen LogP contribution < -0.4 is 5.73 Å². The van der Waals surface area contributed by atoms with E-state index in [2.05, 4.69) is 26.1 Å². The molecule has 1 aliphatic heterocycles. The van der Waals surface area contributed by atoms with Gasteiger partial charge in [0.25, 0.3) is 0 Å². The van der Waals surface area contributed by atoms with Crippen LogP contribution in [0.4, 0.5) is 0 Å². The number of aryl methyl sites for hydroxylation is 1. The summed E-state index contributed by atoms with van der Waals surface area (Å²) in [5, 5.41) is 5.93. The number of carbonyl (C=O) groups excluding carboxylic acids is 1. The van der Waals surface area contributed by atoms with Crippen molar-refractivity contribution < 1.29 is 9.32 Å². The van der Waals surface area contributed by atoms with Crippen LogP contribution in [0, 0.1) is 0 Å². The van der Waals surface area contributed by atoms with Gasteiger partial charge in [0.15, 0.2) is 0 Å². The molecule has 0 aromatic carbocycles. The molecule has 2 N–H and O–H groups in total. The minimum atomic E-state index is 0.0891. The molecule has 0 radical (unpaired) electrons. The Morgan fingerprint density at radius 3 is 3.09 bits per heavy atom. The highest BCUT2D eigenvalue weighted by Crippen LogP contribution is 2.27. The lowest BCUT2D eigenvalue weighted by atomic mass is 10.2. The third-order valence-electron chi connectivity index (χ3n) is 3.74. The number of hydrogen-bond acceptors (Lipinski definition) is 6. The maximum absolute atomic E-state index is 12.2. The van der Waals surface area contributed by atoms with E-state index in [1.807, 2.05) is 23.3 Å². The number of aromatic nitrogens is 2. The van der Waals surface area contributed by atoms with E-state index in [9.17, 15) is 4.79 Å². The number of nitrogens with two attached hydrogens (primary N) is 1. The average molecular weight is 385 g/mol. The van der Waals surface area contributed by atoms with Crippen molar-refractivity contribution in [1.29, 1.82) is 0 Å². The van der Waals surface area contributed by atoms with E-state index in [1.165, 1.54) is 0 Å². The Labute approximate surface area is 140 Å². The number of amides is 1. The van der Waals surface area contributed by atoms with E-state index in [0.717, 1.165) is 15.8 Å². The van der Waals surface area contributed by atoms with Crippen molar-refractivity contribution in [2.75, 3.05) is 6.54 Å². The van der Waals surface area contributed by atoms with Gasteiger partial charge in [-0.2, -0.15) is 4.98 Å². The second kappa shape index (κ2) is 6.47. The molecule has 3 rings (SSSR count). The Bertz CT molecular complexity index is 671. The standard InChI is InChI=1S/C14H17BrN4O2S/c1-8-4-10(16)6-19(8)13(20)3-2-12-17-14(18-21-12)11-5-9(15)7-22-11/h5,7-8,10H,2-4,6,16H2,1H3. The second-order valence-corrected chi connectivity index (χ2v) is 7.36. The number of thiophene rings is 1. The quantitative estimate of drug-likeness (QED) is 0.874. The molecule has 3 heterocycles. The zero-order chi connectivity index (χ0) is 15.7. The number of carbonyl (C=O) groups is 1. The number of hydrogen-bond donors (Lipinski definition) is 1. The van der Waals surface area contributed by atoms with Gasteiger partial charge < -0.3 is 15.2 Å². The zero-order valence-corrected chi connectivity index (χ0v) is 14.6. The van der Waals surface area contributed by atoms with Crippen LogP contribution in [-0.2, 0) is 11.2 Å². The summed E-state index contributed by atoms with van der Waals surface area (Å²) in [4.78, 5) is 19.4. The Balaban J connectivity index is 1.58. The number of rotatable bonds is 4. The van der Waals surface area contributed by atoms with Crippen LogP contribution in [0.5, 0.6) is 0 Å². The first-order chi connectivity index (χ1) is 10.5. The van der Waals surface area contributed by atoms with E-state index in [4.69, 9.17) is 10.3 Å². The summed E-state index contributed by atoms with van der Waals surface area (Å²) >= 11 is 4.94. The number of likely N-dealkylation sites (tertiary alicyclic amines) is 1. The van der Waals surface area contributed by atoms with E-state index in [-0.39, 0.29) is 18.0 Å².